The summed E-state index contributed by atoms with van der Waals surface area (Å²) >= 11 is 0. The first-order chi connectivity index (χ1) is 12.3. The SMILES string of the molecule is CCCCCCCCCCc1ccc(CO[C@H]2CN[C@H](CO)C2)cc1. The van der Waals surface area contributed by atoms with Crippen molar-refractivity contribution in [3.05, 3.63) is 35.4 Å². The number of aryl methyl sites for hydroxylation is 1. The molecular weight excluding hydrogens is 310 g/mol. The number of hydrogen-bond donors (Lipinski definition) is 2. The van der Waals surface area contributed by atoms with E-state index in [9.17, 15) is 0 Å². The van der Waals surface area contributed by atoms with E-state index in [1.807, 2.05) is 0 Å². The lowest BCUT2D eigenvalue weighted by Gasteiger charge is -2.11. The van der Waals surface area contributed by atoms with Crippen molar-refractivity contribution < 1.29 is 9.84 Å². The van der Waals surface area contributed by atoms with Crippen LogP contribution in [0.2, 0.25) is 0 Å². The molecule has 142 valence electrons. The van der Waals surface area contributed by atoms with Crippen molar-refractivity contribution in [2.45, 2.75) is 89.9 Å². The van der Waals surface area contributed by atoms with E-state index in [0.717, 1.165) is 13.0 Å². The first-order valence-corrected chi connectivity index (χ1v) is 10.4. The molecule has 3 nitrogen and oxygen atoms in total. The summed E-state index contributed by atoms with van der Waals surface area (Å²) in [7, 11) is 0. The number of ether oxygens (including phenoxy) is 1. The molecule has 0 spiro atoms. The van der Waals surface area contributed by atoms with E-state index in [1.54, 1.807) is 0 Å². The minimum absolute atomic E-state index is 0.202. The Bertz CT molecular complexity index is 446. The molecule has 0 radical (unpaired) electrons. The first-order valence-electron chi connectivity index (χ1n) is 10.4. The molecule has 3 heteroatoms. The van der Waals surface area contributed by atoms with Crippen LogP contribution < -0.4 is 5.32 Å². The topological polar surface area (TPSA) is 41.5 Å². The molecule has 0 amide bonds. The maximum atomic E-state index is 9.13. The fourth-order valence-corrected chi connectivity index (χ4v) is 3.53. The lowest BCUT2D eigenvalue weighted by molar-refractivity contribution is 0.0512. The normalized spacial score (nSPS) is 20.2. The van der Waals surface area contributed by atoms with Gasteiger partial charge in [-0.2, -0.15) is 0 Å². The molecule has 0 saturated carbocycles. The Kier molecular flexibility index (Phi) is 10.2. The number of aliphatic hydroxyl groups excluding tert-OH is 1. The van der Waals surface area contributed by atoms with Crippen LogP contribution in [0.4, 0.5) is 0 Å². The van der Waals surface area contributed by atoms with Crippen LogP contribution in [0.5, 0.6) is 0 Å². The van der Waals surface area contributed by atoms with Crippen LogP contribution in [-0.4, -0.2) is 30.4 Å². The van der Waals surface area contributed by atoms with Crippen molar-refractivity contribution >= 4 is 0 Å². The number of benzene rings is 1. The van der Waals surface area contributed by atoms with Gasteiger partial charge in [0.1, 0.15) is 0 Å². The Hall–Kier alpha value is -0.900. The zero-order valence-corrected chi connectivity index (χ0v) is 16.0. The van der Waals surface area contributed by atoms with Crippen molar-refractivity contribution in [1.82, 2.24) is 5.32 Å². The Balaban J connectivity index is 1.54. The second kappa shape index (κ2) is 12.5. The highest BCUT2D eigenvalue weighted by Crippen LogP contribution is 2.15. The third kappa shape index (κ3) is 8.35. The van der Waals surface area contributed by atoms with Crippen LogP contribution >= 0.6 is 0 Å². The molecule has 1 aromatic carbocycles. The van der Waals surface area contributed by atoms with Crippen LogP contribution in [-0.2, 0) is 17.8 Å². The standard InChI is InChI=1S/C22H37NO2/c1-2-3-4-5-6-7-8-9-10-19-11-13-20(14-12-19)18-25-22-15-21(17-24)23-16-22/h11-14,21-24H,2-10,15-18H2,1H3/t21-,22+/m0/s1. The molecule has 0 aliphatic carbocycles. The van der Waals surface area contributed by atoms with Crippen molar-refractivity contribution in [2.75, 3.05) is 13.2 Å². The predicted molar refractivity (Wildman–Crippen MR) is 105 cm³/mol. The molecule has 1 saturated heterocycles. The van der Waals surface area contributed by atoms with Gasteiger partial charge in [0.05, 0.1) is 19.3 Å². The molecule has 0 aromatic heterocycles. The summed E-state index contributed by atoms with van der Waals surface area (Å²) in [5.41, 5.74) is 2.68. The van der Waals surface area contributed by atoms with E-state index in [1.165, 1.54) is 68.9 Å². The quantitative estimate of drug-likeness (QED) is 0.512. The highest BCUT2D eigenvalue weighted by atomic mass is 16.5. The number of nitrogens with one attached hydrogen (secondary N) is 1. The van der Waals surface area contributed by atoms with Crippen molar-refractivity contribution in [3.63, 3.8) is 0 Å². The number of hydrogen-bond acceptors (Lipinski definition) is 3. The molecule has 0 bridgehead atoms. The number of unbranched alkanes of at least 4 members (excludes halogenated alkanes) is 7. The highest BCUT2D eigenvalue weighted by Gasteiger charge is 2.23. The zero-order chi connectivity index (χ0) is 17.7. The molecule has 1 heterocycles. The van der Waals surface area contributed by atoms with Gasteiger partial charge < -0.3 is 15.2 Å². The average molecular weight is 348 g/mol. The molecule has 1 aliphatic heterocycles. The molecule has 2 rings (SSSR count). The van der Waals surface area contributed by atoms with Gasteiger partial charge in [0.2, 0.25) is 0 Å². The summed E-state index contributed by atoms with van der Waals surface area (Å²) in [5.74, 6) is 0. The first kappa shape index (κ1) is 20.4. The van der Waals surface area contributed by atoms with Gasteiger partial charge in [-0.1, -0.05) is 76.1 Å². The Morgan fingerprint density at radius 3 is 2.24 bits per heavy atom. The van der Waals surface area contributed by atoms with E-state index in [-0.39, 0.29) is 18.8 Å². The molecule has 1 aromatic rings. The summed E-state index contributed by atoms with van der Waals surface area (Å²) in [6, 6.07) is 9.11. The smallest absolute Gasteiger partial charge is 0.0721 e. The molecule has 0 unspecified atom stereocenters. The van der Waals surface area contributed by atoms with Crippen molar-refractivity contribution in [1.29, 1.82) is 0 Å². The van der Waals surface area contributed by atoms with E-state index >= 15 is 0 Å². The Morgan fingerprint density at radius 2 is 1.60 bits per heavy atom. The van der Waals surface area contributed by atoms with Gasteiger partial charge in [-0.15, -0.1) is 0 Å². The molecule has 1 fully saturated rings. The summed E-state index contributed by atoms with van der Waals surface area (Å²) in [6.07, 6.45) is 13.4. The van der Waals surface area contributed by atoms with Gasteiger partial charge in [0, 0.05) is 12.6 Å². The van der Waals surface area contributed by atoms with E-state index in [2.05, 4.69) is 36.5 Å². The zero-order valence-electron chi connectivity index (χ0n) is 16.0. The molecule has 25 heavy (non-hydrogen) atoms. The minimum Gasteiger partial charge on any atom is -0.395 e. The lowest BCUT2D eigenvalue weighted by Crippen LogP contribution is -2.24. The summed E-state index contributed by atoms with van der Waals surface area (Å²) < 4.78 is 5.94. The second-order valence-corrected chi connectivity index (χ2v) is 7.50. The van der Waals surface area contributed by atoms with Crippen molar-refractivity contribution in [3.8, 4) is 0 Å². The van der Waals surface area contributed by atoms with Gasteiger partial charge in [-0.25, -0.2) is 0 Å². The van der Waals surface area contributed by atoms with Gasteiger partial charge in [-0.3, -0.25) is 0 Å². The fourth-order valence-electron chi connectivity index (χ4n) is 3.53. The van der Waals surface area contributed by atoms with Gasteiger partial charge >= 0.3 is 0 Å². The second-order valence-electron chi connectivity index (χ2n) is 7.50. The van der Waals surface area contributed by atoms with Gasteiger partial charge in [0.25, 0.3) is 0 Å². The van der Waals surface area contributed by atoms with Crippen molar-refractivity contribution in [2.24, 2.45) is 0 Å². The van der Waals surface area contributed by atoms with Crippen LogP contribution in [0, 0.1) is 0 Å². The lowest BCUT2D eigenvalue weighted by atomic mass is 10.0. The fraction of sp³-hybridized carbons (Fsp3) is 0.727. The van der Waals surface area contributed by atoms with E-state index in [0.29, 0.717) is 6.61 Å². The molecule has 1 aliphatic rings. The Morgan fingerprint density at radius 1 is 0.960 bits per heavy atom. The van der Waals surface area contributed by atoms with Crippen LogP contribution in [0.25, 0.3) is 0 Å². The maximum Gasteiger partial charge on any atom is 0.0721 e. The van der Waals surface area contributed by atoms with Gasteiger partial charge in [-0.05, 0) is 30.4 Å². The summed E-state index contributed by atoms with van der Waals surface area (Å²) in [6.45, 7) is 3.99. The Labute approximate surface area is 154 Å². The highest BCUT2D eigenvalue weighted by molar-refractivity contribution is 5.22. The largest absolute Gasteiger partial charge is 0.395 e. The van der Waals surface area contributed by atoms with Crippen LogP contribution in [0.1, 0.15) is 75.8 Å². The molecule has 2 atom stereocenters. The van der Waals surface area contributed by atoms with Gasteiger partial charge in [0.15, 0.2) is 0 Å². The summed E-state index contributed by atoms with van der Waals surface area (Å²) in [4.78, 5) is 0. The third-order valence-electron chi connectivity index (χ3n) is 5.23. The average Bonchev–Trinajstić information content (AvgIpc) is 3.11. The number of aliphatic hydroxyl groups is 1. The third-order valence-corrected chi connectivity index (χ3v) is 5.23. The monoisotopic (exact) mass is 347 g/mol. The minimum atomic E-state index is 0.202. The predicted octanol–water partition coefficient (Wildman–Crippen LogP) is 4.61. The van der Waals surface area contributed by atoms with E-state index < -0.39 is 0 Å². The van der Waals surface area contributed by atoms with Crippen LogP contribution in [0.15, 0.2) is 24.3 Å². The van der Waals surface area contributed by atoms with E-state index in [4.69, 9.17) is 9.84 Å². The number of rotatable bonds is 13. The molecular formula is C22H37NO2. The van der Waals surface area contributed by atoms with Crippen LogP contribution in [0.3, 0.4) is 0 Å². The molecule has 2 N–H and O–H groups in total. The summed E-state index contributed by atoms with van der Waals surface area (Å²) in [5, 5.41) is 12.4. The maximum absolute atomic E-state index is 9.13.